The third-order valence-corrected chi connectivity index (χ3v) is 3.04. The molecule has 0 radical (unpaired) electrons. The summed E-state index contributed by atoms with van der Waals surface area (Å²) in [5.74, 6) is 0.290. The first-order valence-electron chi connectivity index (χ1n) is 8.07. The molecule has 1 unspecified atom stereocenters. The van der Waals surface area contributed by atoms with Gasteiger partial charge in [-0.1, -0.05) is 40.5 Å². The zero-order valence-electron chi connectivity index (χ0n) is 14.6. The van der Waals surface area contributed by atoms with E-state index in [2.05, 4.69) is 24.1 Å². The average molecular weight is 316 g/mol. The zero-order valence-corrected chi connectivity index (χ0v) is 14.6. The Morgan fingerprint density at radius 3 is 2.41 bits per heavy atom. The first kappa shape index (κ1) is 23.2. The smallest absolute Gasteiger partial charge is 0.141 e. The average Bonchev–Trinajstić information content (AvgIpc) is 2.55. The van der Waals surface area contributed by atoms with Crippen molar-refractivity contribution < 1.29 is 14.6 Å². The van der Waals surface area contributed by atoms with Gasteiger partial charge in [0.1, 0.15) is 5.82 Å². The molecule has 0 spiro atoms. The van der Waals surface area contributed by atoms with E-state index in [4.69, 9.17) is 5.11 Å². The molecule has 0 amide bonds. The lowest BCUT2D eigenvalue weighted by molar-refractivity contribution is 0.173. The number of hydrogen-bond acceptors (Lipinski definition) is 4. The molecular weight excluding hydrogens is 283 g/mol. The summed E-state index contributed by atoms with van der Waals surface area (Å²) in [4.78, 5) is 3.72. The Bertz CT molecular complexity index is 351. The van der Waals surface area contributed by atoms with Crippen LogP contribution in [-0.2, 0) is 0 Å². The van der Waals surface area contributed by atoms with Crippen LogP contribution in [0.3, 0.4) is 0 Å². The molecule has 0 saturated heterocycles. The van der Waals surface area contributed by atoms with Crippen molar-refractivity contribution >= 4 is 0 Å². The minimum atomic E-state index is -0.699. The zero-order chi connectivity index (χ0) is 17.4. The molecule has 0 aliphatic carbocycles. The van der Waals surface area contributed by atoms with E-state index >= 15 is 0 Å². The Hall–Kier alpha value is -1.04. The summed E-state index contributed by atoms with van der Waals surface area (Å²) in [7, 11) is 1.00. The Kier molecular flexibility index (Phi) is 17.2. The molecule has 5 heteroatoms. The van der Waals surface area contributed by atoms with Crippen LogP contribution in [-0.4, -0.2) is 35.4 Å². The molecule has 0 fully saturated rings. The van der Waals surface area contributed by atoms with Crippen molar-refractivity contribution in [1.82, 2.24) is 10.3 Å². The van der Waals surface area contributed by atoms with Gasteiger partial charge in [0, 0.05) is 25.4 Å². The van der Waals surface area contributed by atoms with Crippen molar-refractivity contribution in [2.75, 3.05) is 20.2 Å². The Balaban J connectivity index is 0. The van der Waals surface area contributed by atoms with Crippen LogP contribution in [0.2, 0.25) is 0 Å². The minimum Gasteiger partial charge on any atom is -0.400 e. The molecule has 0 bridgehead atoms. The highest BCUT2D eigenvalue weighted by atomic mass is 19.1. The first-order valence-corrected chi connectivity index (χ1v) is 8.07. The van der Waals surface area contributed by atoms with E-state index in [1.807, 2.05) is 13.8 Å². The van der Waals surface area contributed by atoms with E-state index in [9.17, 15) is 9.50 Å². The second-order valence-electron chi connectivity index (χ2n) is 4.84. The van der Waals surface area contributed by atoms with Gasteiger partial charge >= 0.3 is 0 Å². The van der Waals surface area contributed by atoms with Crippen molar-refractivity contribution in [3.05, 3.63) is 29.8 Å². The van der Waals surface area contributed by atoms with Crippen molar-refractivity contribution in [3.8, 4) is 0 Å². The molecule has 1 aromatic rings. The van der Waals surface area contributed by atoms with Crippen molar-refractivity contribution in [2.24, 2.45) is 5.92 Å². The van der Waals surface area contributed by atoms with Crippen LogP contribution in [0.4, 0.5) is 4.39 Å². The van der Waals surface area contributed by atoms with Gasteiger partial charge in [0.2, 0.25) is 0 Å². The lowest BCUT2D eigenvalue weighted by atomic mass is 10.0. The molecule has 0 saturated carbocycles. The third-order valence-electron chi connectivity index (χ3n) is 3.04. The Morgan fingerprint density at radius 1 is 1.23 bits per heavy atom. The number of hydrogen-bond donors (Lipinski definition) is 3. The number of pyridine rings is 1. The fourth-order valence-electron chi connectivity index (χ4n) is 1.95. The first-order chi connectivity index (χ1) is 10.6. The van der Waals surface area contributed by atoms with Crippen LogP contribution in [0.15, 0.2) is 18.5 Å². The number of aliphatic hydroxyl groups excluding tert-OH is 2. The quantitative estimate of drug-likeness (QED) is 0.644. The van der Waals surface area contributed by atoms with E-state index < -0.39 is 11.9 Å². The second kappa shape index (κ2) is 16.3. The lowest BCUT2D eigenvalue weighted by Gasteiger charge is -2.14. The standard InChI is InChI=1S/C14H23FN2O.C2H6.CH4O/c1-3-4-11(2)5-6-16-10-14(18)12-7-13(15)9-17-8-12;2*1-2/h7-9,11,14,16,18H,3-6,10H2,1-2H3;1-2H3;2H,1H3/t11-,14?;;/m0../s1. The molecule has 1 aromatic heterocycles. The van der Waals surface area contributed by atoms with Crippen LogP contribution in [0, 0.1) is 11.7 Å². The second-order valence-corrected chi connectivity index (χ2v) is 4.84. The molecule has 0 aromatic carbocycles. The topological polar surface area (TPSA) is 65.4 Å². The van der Waals surface area contributed by atoms with Crippen LogP contribution in [0.5, 0.6) is 0 Å². The van der Waals surface area contributed by atoms with Gasteiger partial charge in [-0.25, -0.2) is 4.39 Å². The minimum absolute atomic E-state index is 0.414. The summed E-state index contributed by atoms with van der Waals surface area (Å²) in [6.07, 6.45) is 5.47. The molecular formula is C17H33FN2O2. The maximum atomic E-state index is 12.9. The molecule has 130 valence electrons. The highest BCUT2D eigenvalue weighted by Gasteiger charge is 2.08. The van der Waals surface area contributed by atoms with Gasteiger partial charge in [0.25, 0.3) is 0 Å². The molecule has 1 rings (SSSR count). The maximum Gasteiger partial charge on any atom is 0.141 e. The van der Waals surface area contributed by atoms with Gasteiger partial charge < -0.3 is 15.5 Å². The molecule has 2 atom stereocenters. The van der Waals surface area contributed by atoms with Gasteiger partial charge in [-0.3, -0.25) is 4.98 Å². The normalized spacial score (nSPS) is 12.4. The van der Waals surface area contributed by atoms with Gasteiger partial charge in [0.05, 0.1) is 12.3 Å². The van der Waals surface area contributed by atoms with E-state index in [1.165, 1.54) is 25.1 Å². The van der Waals surface area contributed by atoms with E-state index in [1.54, 1.807) is 0 Å². The fraction of sp³-hybridized carbons (Fsp3) is 0.706. The summed E-state index contributed by atoms with van der Waals surface area (Å²) >= 11 is 0. The molecule has 22 heavy (non-hydrogen) atoms. The number of aliphatic hydroxyl groups is 2. The monoisotopic (exact) mass is 316 g/mol. The number of rotatable bonds is 8. The number of nitrogens with one attached hydrogen (secondary N) is 1. The van der Waals surface area contributed by atoms with Gasteiger partial charge in [0.15, 0.2) is 0 Å². The number of halogens is 1. The van der Waals surface area contributed by atoms with Gasteiger partial charge in [-0.2, -0.15) is 0 Å². The predicted octanol–water partition coefficient (Wildman–Crippen LogP) is 3.30. The largest absolute Gasteiger partial charge is 0.400 e. The highest BCUT2D eigenvalue weighted by molar-refractivity contribution is 5.13. The van der Waals surface area contributed by atoms with E-state index in [0.717, 1.165) is 26.3 Å². The maximum absolute atomic E-state index is 12.9. The SMILES string of the molecule is CC.CCC[C@H](C)CCNCC(O)c1cncc(F)c1.CO. The van der Waals surface area contributed by atoms with Gasteiger partial charge in [-0.05, 0) is 24.9 Å². The van der Waals surface area contributed by atoms with E-state index in [0.29, 0.717) is 18.0 Å². The highest BCUT2D eigenvalue weighted by Crippen LogP contribution is 2.12. The lowest BCUT2D eigenvalue weighted by Crippen LogP contribution is -2.23. The van der Waals surface area contributed by atoms with Crippen molar-refractivity contribution in [3.63, 3.8) is 0 Å². The number of nitrogens with zero attached hydrogens (tertiary/aromatic N) is 1. The summed E-state index contributed by atoms with van der Waals surface area (Å²) in [6, 6.07) is 1.32. The van der Waals surface area contributed by atoms with Crippen molar-refractivity contribution in [1.29, 1.82) is 0 Å². The van der Waals surface area contributed by atoms with Crippen molar-refractivity contribution in [2.45, 2.75) is 53.1 Å². The molecule has 1 heterocycles. The predicted molar refractivity (Wildman–Crippen MR) is 90.2 cm³/mol. The van der Waals surface area contributed by atoms with Crippen LogP contribution >= 0.6 is 0 Å². The summed E-state index contributed by atoms with van der Waals surface area (Å²) in [5.41, 5.74) is 0.518. The van der Waals surface area contributed by atoms with Crippen LogP contribution in [0.25, 0.3) is 0 Å². The third kappa shape index (κ3) is 11.6. The Morgan fingerprint density at radius 2 is 1.86 bits per heavy atom. The fourth-order valence-corrected chi connectivity index (χ4v) is 1.95. The van der Waals surface area contributed by atoms with Gasteiger partial charge in [-0.15, -0.1) is 0 Å². The summed E-state index contributed by atoms with van der Waals surface area (Å²) in [6.45, 7) is 9.73. The molecule has 4 nitrogen and oxygen atoms in total. The molecule has 0 aliphatic rings. The van der Waals surface area contributed by atoms with Crippen LogP contribution in [0.1, 0.15) is 58.6 Å². The summed E-state index contributed by atoms with van der Waals surface area (Å²) in [5, 5.41) is 20.0. The van der Waals surface area contributed by atoms with E-state index in [-0.39, 0.29) is 0 Å². The summed E-state index contributed by atoms with van der Waals surface area (Å²) < 4.78 is 12.9. The Labute approximate surface area is 134 Å². The van der Waals surface area contributed by atoms with Crippen LogP contribution < -0.4 is 5.32 Å². The molecule has 0 aliphatic heterocycles. The number of aromatic nitrogens is 1. The molecule has 3 N–H and O–H groups in total.